The molecule has 0 bridgehead atoms. The molecule has 2 rings (SSSR count). The first kappa shape index (κ1) is 14.8. The largest absolute Gasteiger partial charge is 0.494 e. The van der Waals surface area contributed by atoms with E-state index in [0.717, 1.165) is 25.7 Å². The lowest BCUT2D eigenvalue weighted by atomic mass is 9.91. The second-order valence-electron chi connectivity index (χ2n) is 5.16. The number of benzene rings is 1. The molecule has 4 nitrogen and oxygen atoms in total. The highest BCUT2D eigenvalue weighted by molar-refractivity contribution is 5.94. The van der Waals surface area contributed by atoms with Crippen LogP contribution in [0.5, 0.6) is 5.75 Å². The van der Waals surface area contributed by atoms with Gasteiger partial charge in [-0.3, -0.25) is 4.79 Å². The molecule has 20 heavy (non-hydrogen) atoms. The fraction of sp³-hybridized carbons (Fsp3) is 0.533. The van der Waals surface area contributed by atoms with Crippen LogP contribution in [-0.4, -0.2) is 32.1 Å². The maximum absolute atomic E-state index is 13.6. The van der Waals surface area contributed by atoms with Gasteiger partial charge in [-0.15, -0.1) is 0 Å². The minimum absolute atomic E-state index is 0.149. The molecule has 1 fully saturated rings. The molecule has 0 unspecified atom stereocenters. The van der Waals surface area contributed by atoms with E-state index in [4.69, 9.17) is 4.74 Å². The predicted molar refractivity (Wildman–Crippen MR) is 75.5 cm³/mol. The molecule has 0 radical (unpaired) electrons. The Morgan fingerprint density at radius 1 is 1.25 bits per heavy atom. The maximum atomic E-state index is 13.6. The number of ether oxygens (including phenoxy) is 1. The Bertz CT molecular complexity index is 471. The van der Waals surface area contributed by atoms with Gasteiger partial charge in [0, 0.05) is 17.6 Å². The van der Waals surface area contributed by atoms with E-state index in [1.165, 1.54) is 19.2 Å². The zero-order chi connectivity index (χ0) is 14.5. The Kier molecular flexibility index (Phi) is 4.95. The number of methoxy groups -OCH3 is 1. The van der Waals surface area contributed by atoms with Crippen LogP contribution >= 0.6 is 0 Å². The van der Waals surface area contributed by atoms with Crippen LogP contribution in [0.3, 0.4) is 0 Å². The van der Waals surface area contributed by atoms with Gasteiger partial charge in [-0.25, -0.2) is 4.39 Å². The van der Waals surface area contributed by atoms with E-state index in [-0.39, 0.29) is 17.7 Å². The van der Waals surface area contributed by atoms with Crippen molar-refractivity contribution in [2.75, 3.05) is 14.2 Å². The van der Waals surface area contributed by atoms with Crippen LogP contribution in [0.4, 0.5) is 4.39 Å². The number of rotatable bonds is 4. The van der Waals surface area contributed by atoms with Crippen LogP contribution in [0.25, 0.3) is 0 Å². The Labute approximate surface area is 118 Å². The van der Waals surface area contributed by atoms with Crippen molar-refractivity contribution in [3.63, 3.8) is 0 Å². The molecular weight excluding hydrogens is 259 g/mol. The summed E-state index contributed by atoms with van der Waals surface area (Å²) in [7, 11) is 3.36. The smallest absolute Gasteiger partial charge is 0.251 e. The number of nitrogens with one attached hydrogen (secondary N) is 2. The van der Waals surface area contributed by atoms with E-state index in [0.29, 0.717) is 11.6 Å². The van der Waals surface area contributed by atoms with Gasteiger partial charge in [0.05, 0.1) is 7.11 Å². The van der Waals surface area contributed by atoms with Gasteiger partial charge < -0.3 is 15.4 Å². The Morgan fingerprint density at radius 3 is 2.45 bits per heavy atom. The number of halogens is 1. The van der Waals surface area contributed by atoms with Crippen LogP contribution in [0.1, 0.15) is 36.0 Å². The minimum Gasteiger partial charge on any atom is -0.494 e. The van der Waals surface area contributed by atoms with Gasteiger partial charge in [0.1, 0.15) is 0 Å². The summed E-state index contributed by atoms with van der Waals surface area (Å²) < 4.78 is 18.4. The SMILES string of the molecule is CNC1CCC(NC(=O)c2ccc(OC)c(F)c2)CC1. The second kappa shape index (κ2) is 6.70. The molecular formula is C15H21FN2O2. The van der Waals surface area contributed by atoms with Crippen LogP contribution in [0.2, 0.25) is 0 Å². The van der Waals surface area contributed by atoms with E-state index < -0.39 is 5.82 Å². The third kappa shape index (κ3) is 3.48. The van der Waals surface area contributed by atoms with Crippen LogP contribution in [0.15, 0.2) is 18.2 Å². The van der Waals surface area contributed by atoms with Crippen molar-refractivity contribution in [3.05, 3.63) is 29.6 Å². The molecule has 1 amide bonds. The third-order valence-corrected chi connectivity index (χ3v) is 3.88. The highest BCUT2D eigenvalue weighted by atomic mass is 19.1. The maximum Gasteiger partial charge on any atom is 0.251 e. The van der Waals surface area contributed by atoms with Crippen LogP contribution in [-0.2, 0) is 0 Å². The Hall–Kier alpha value is -1.62. The van der Waals surface area contributed by atoms with Gasteiger partial charge in [0.15, 0.2) is 11.6 Å². The standard InChI is InChI=1S/C15H21FN2O2/c1-17-11-4-6-12(7-5-11)18-15(19)10-3-8-14(20-2)13(16)9-10/h3,8-9,11-12,17H,4-7H2,1-2H3,(H,18,19). The first-order chi connectivity index (χ1) is 9.63. The number of carbonyl (C=O) groups is 1. The summed E-state index contributed by atoms with van der Waals surface area (Å²) in [6.45, 7) is 0. The van der Waals surface area contributed by atoms with Gasteiger partial charge in [0.2, 0.25) is 0 Å². The average molecular weight is 280 g/mol. The molecule has 1 aliphatic rings. The zero-order valence-electron chi connectivity index (χ0n) is 11.9. The van der Waals surface area contributed by atoms with E-state index in [1.54, 1.807) is 6.07 Å². The number of amides is 1. The highest BCUT2D eigenvalue weighted by Crippen LogP contribution is 2.20. The Morgan fingerprint density at radius 2 is 1.90 bits per heavy atom. The van der Waals surface area contributed by atoms with E-state index >= 15 is 0 Å². The molecule has 0 heterocycles. The molecule has 0 atom stereocenters. The van der Waals surface area contributed by atoms with Crippen LogP contribution < -0.4 is 15.4 Å². The second-order valence-corrected chi connectivity index (χ2v) is 5.16. The lowest BCUT2D eigenvalue weighted by Crippen LogP contribution is -2.41. The summed E-state index contributed by atoms with van der Waals surface area (Å²) in [4.78, 5) is 12.1. The van der Waals surface area contributed by atoms with Gasteiger partial charge >= 0.3 is 0 Å². The van der Waals surface area contributed by atoms with Gasteiger partial charge in [0.25, 0.3) is 5.91 Å². The minimum atomic E-state index is -0.515. The summed E-state index contributed by atoms with van der Waals surface area (Å²) in [5, 5.41) is 6.22. The molecule has 0 aliphatic heterocycles. The molecule has 0 spiro atoms. The molecule has 1 aliphatic carbocycles. The van der Waals surface area contributed by atoms with Gasteiger partial charge in [-0.1, -0.05) is 0 Å². The Balaban J connectivity index is 1.93. The van der Waals surface area contributed by atoms with Crippen LogP contribution in [0, 0.1) is 5.82 Å². The van der Waals surface area contributed by atoms with E-state index in [2.05, 4.69) is 10.6 Å². The molecule has 0 aromatic heterocycles. The number of hydrogen-bond donors (Lipinski definition) is 2. The van der Waals surface area contributed by atoms with Crippen molar-refractivity contribution in [2.45, 2.75) is 37.8 Å². The summed E-state index contributed by atoms with van der Waals surface area (Å²) in [6, 6.07) is 4.99. The molecule has 110 valence electrons. The summed E-state index contributed by atoms with van der Waals surface area (Å²) in [5.74, 6) is -0.588. The van der Waals surface area contributed by atoms with Crippen molar-refractivity contribution in [1.29, 1.82) is 0 Å². The van der Waals surface area contributed by atoms with Crippen molar-refractivity contribution in [2.24, 2.45) is 0 Å². The van der Waals surface area contributed by atoms with E-state index in [9.17, 15) is 9.18 Å². The lowest BCUT2D eigenvalue weighted by molar-refractivity contribution is 0.0924. The summed E-state index contributed by atoms with van der Waals surface area (Å²) in [6.07, 6.45) is 4.02. The molecule has 1 aromatic rings. The predicted octanol–water partition coefficient (Wildman–Crippen LogP) is 2.09. The summed E-state index contributed by atoms with van der Waals surface area (Å²) >= 11 is 0. The fourth-order valence-corrected chi connectivity index (χ4v) is 2.60. The first-order valence-corrected chi connectivity index (χ1v) is 6.95. The van der Waals surface area contributed by atoms with Gasteiger partial charge in [-0.2, -0.15) is 0 Å². The average Bonchev–Trinajstić information content (AvgIpc) is 2.48. The molecule has 5 heteroatoms. The normalized spacial score (nSPS) is 22.4. The lowest BCUT2D eigenvalue weighted by Gasteiger charge is -2.28. The molecule has 0 saturated heterocycles. The first-order valence-electron chi connectivity index (χ1n) is 6.95. The number of hydrogen-bond acceptors (Lipinski definition) is 3. The van der Waals surface area contributed by atoms with E-state index in [1.807, 2.05) is 7.05 Å². The molecule has 1 saturated carbocycles. The third-order valence-electron chi connectivity index (χ3n) is 3.88. The summed E-state index contributed by atoms with van der Waals surface area (Å²) in [5.41, 5.74) is 0.332. The topological polar surface area (TPSA) is 50.4 Å². The van der Waals surface area contributed by atoms with Crippen molar-refractivity contribution >= 4 is 5.91 Å². The molecule has 2 N–H and O–H groups in total. The monoisotopic (exact) mass is 280 g/mol. The van der Waals surface area contributed by atoms with Crippen molar-refractivity contribution in [1.82, 2.24) is 10.6 Å². The highest BCUT2D eigenvalue weighted by Gasteiger charge is 2.22. The van der Waals surface area contributed by atoms with Crippen molar-refractivity contribution < 1.29 is 13.9 Å². The molecule has 1 aromatic carbocycles. The number of carbonyl (C=O) groups excluding carboxylic acids is 1. The fourth-order valence-electron chi connectivity index (χ4n) is 2.60. The zero-order valence-corrected chi connectivity index (χ0v) is 11.9. The van der Waals surface area contributed by atoms with Crippen molar-refractivity contribution in [3.8, 4) is 5.75 Å². The quantitative estimate of drug-likeness (QED) is 0.888. The van der Waals surface area contributed by atoms with Gasteiger partial charge in [-0.05, 0) is 50.9 Å².